The van der Waals surface area contributed by atoms with E-state index in [1.165, 1.54) is 19.3 Å². The highest BCUT2D eigenvalue weighted by atomic mass is 16.5. The minimum absolute atomic E-state index is 0.0114. The largest absolute Gasteiger partial charge is 0.481 e. The Morgan fingerprint density at radius 1 is 0.500 bits per heavy atom. The van der Waals surface area contributed by atoms with E-state index in [9.17, 15) is 38.7 Å². The molecule has 17 heteroatoms. The summed E-state index contributed by atoms with van der Waals surface area (Å²) in [5.41, 5.74) is 5.40. The Morgan fingerprint density at radius 3 is 1.60 bits per heavy atom. The van der Waals surface area contributed by atoms with E-state index in [0.717, 1.165) is 70.6 Å². The lowest BCUT2D eigenvalue weighted by Gasteiger charge is -2.14. The molecule has 0 radical (unpaired) electrons. The highest BCUT2D eigenvalue weighted by Crippen LogP contribution is 2.13. The minimum atomic E-state index is -1.16. The van der Waals surface area contributed by atoms with Crippen molar-refractivity contribution in [1.29, 1.82) is 0 Å². The van der Waals surface area contributed by atoms with Crippen LogP contribution in [0.25, 0.3) is 0 Å². The molecule has 0 bridgehead atoms. The summed E-state index contributed by atoms with van der Waals surface area (Å²) in [5, 5.41) is 26.4. The first-order valence-corrected chi connectivity index (χ1v) is 22.2. The second-order valence-corrected chi connectivity index (χ2v) is 15.1. The number of unbranched alkanes of at least 4 members (excludes halogenated alkanes) is 13. The van der Waals surface area contributed by atoms with Crippen molar-refractivity contribution in [3.8, 4) is 0 Å². The van der Waals surface area contributed by atoms with Crippen LogP contribution in [-0.4, -0.2) is 136 Å². The third-order valence-corrected chi connectivity index (χ3v) is 9.83. The van der Waals surface area contributed by atoms with Gasteiger partial charge in [0.15, 0.2) is 11.6 Å². The predicted octanol–water partition coefficient (Wildman–Crippen LogP) is 4.05. The molecule has 17 nitrogen and oxygen atoms in total. The lowest BCUT2D eigenvalue weighted by molar-refractivity contribution is -0.142. The van der Waals surface area contributed by atoms with Gasteiger partial charge in [0.1, 0.15) is 25.0 Å². The second kappa shape index (κ2) is 41.0. The van der Waals surface area contributed by atoms with Crippen LogP contribution in [0.2, 0.25) is 0 Å². The molecule has 0 aliphatic heterocycles. The Morgan fingerprint density at radius 2 is 1.02 bits per heavy atom. The number of nitrogens with two attached hydrogens (primary N) is 1. The maximum Gasteiger partial charge on any atom is 0.326 e. The predicted molar refractivity (Wildman–Crippen MR) is 227 cm³/mol. The normalized spacial score (nSPS) is 12.2. The number of likely N-dealkylation sites (N-methyl/N-ethyl adjacent to an activating group) is 1. The van der Waals surface area contributed by atoms with Crippen molar-refractivity contribution in [2.45, 2.75) is 160 Å². The number of carbonyl (C=O) groups excluding carboxylic acids is 5. The van der Waals surface area contributed by atoms with Crippen LogP contribution < -0.4 is 21.7 Å². The van der Waals surface area contributed by atoms with Crippen molar-refractivity contribution in [2.75, 3.05) is 73.0 Å². The van der Waals surface area contributed by atoms with E-state index in [2.05, 4.69) is 16.0 Å². The van der Waals surface area contributed by atoms with Gasteiger partial charge in [-0.25, -0.2) is 4.79 Å². The van der Waals surface area contributed by atoms with Crippen molar-refractivity contribution >= 4 is 41.1 Å². The molecule has 0 aliphatic carbocycles. The summed E-state index contributed by atoms with van der Waals surface area (Å²) in [5.74, 6) is -2.61. The van der Waals surface area contributed by atoms with E-state index in [0.29, 0.717) is 38.8 Å². The van der Waals surface area contributed by atoms with E-state index >= 15 is 0 Å². The summed E-state index contributed by atoms with van der Waals surface area (Å²) in [6.45, 7) is 1.78. The molecule has 0 unspecified atom stereocenters. The molecule has 0 aromatic rings. The molecule has 0 rings (SSSR count). The number of Topliss-reactive ketones (excluding diaryl/α,β-unsaturated/α-hetero) is 3. The van der Waals surface area contributed by atoms with Crippen molar-refractivity contribution < 1.29 is 62.7 Å². The standard InChI is InChI=1S/C43H78N4O13/c1-45-37(39(50)32-44)20-14-12-13-18-36(49)33-59-30-29-58-27-25-46-41(52)34-60-31-28-57-26-17-19-35(48)23-24-38(43(55)56)47-40(51)21-15-10-8-6-4-2-3-5-7-9-11-16-22-42(53)54/h37-38,45H,2-34,44H2,1H3,(H,46,52)(H,47,51)(H,53,54)(H,55,56)/t37-,38-/m0/s1. The number of nitrogens with one attached hydrogen (secondary N) is 3. The van der Waals surface area contributed by atoms with E-state index < -0.39 is 18.0 Å². The number of carbonyl (C=O) groups is 7. The van der Waals surface area contributed by atoms with Gasteiger partial charge in [0.05, 0.1) is 45.6 Å². The number of rotatable bonds is 46. The molecule has 0 heterocycles. The lowest BCUT2D eigenvalue weighted by Crippen LogP contribution is -2.41. The number of amides is 2. The number of aliphatic carboxylic acids is 2. The van der Waals surface area contributed by atoms with Gasteiger partial charge in [0, 0.05) is 45.3 Å². The number of ketones is 3. The first-order chi connectivity index (χ1) is 29.0. The zero-order chi connectivity index (χ0) is 44.5. The van der Waals surface area contributed by atoms with Crippen LogP contribution in [0, 0.1) is 0 Å². The Kier molecular flexibility index (Phi) is 38.7. The number of ether oxygens (including phenoxy) is 4. The van der Waals surface area contributed by atoms with Crippen LogP contribution in [0.5, 0.6) is 0 Å². The van der Waals surface area contributed by atoms with Gasteiger partial charge >= 0.3 is 11.9 Å². The van der Waals surface area contributed by atoms with E-state index in [4.69, 9.17) is 29.8 Å². The quantitative estimate of drug-likeness (QED) is 0.0472. The highest BCUT2D eigenvalue weighted by molar-refractivity contribution is 5.86. The van der Waals surface area contributed by atoms with Crippen LogP contribution in [0.4, 0.5) is 0 Å². The van der Waals surface area contributed by atoms with Gasteiger partial charge in [0.25, 0.3) is 0 Å². The summed E-state index contributed by atoms with van der Waals surface area (Å²) in [7, 11) is 1.74. The van der Waals surface area contributed by atoms with Gasteiger partial charge in [-0.05, 0) is 45.6 Å². The molecule has 7 N–H and O–H groups in total. The van der Waals surface area contributed by atoms with Gasteiger partial charge in [-0.1, -0.05) is 77.0 Å². The molecule has 2 amide bonds. The summed E-state index contributed by atoms with van der Waals surface area (Å²) in [6.07, 6.45) is 17.2. The molecule has 0 aromatic heterocycles. The van der Waals surface area contributed by atoms with Crippen LogP contribution in [0.15, 0.2) is 0 Å². The van der Waals surface area contributed by atoms with Gasteiger partial charge in [-0.2, -0.15) is 0 Å². The molecule has 60 heavy (non-hydrogen) atoms. The molecule has 0 spiro atoms. The van der Waals surface area contributed by atoms with Gasteiger partial charge in [0.2, 0.25) is 11.8 Å². The molecule has 0 aromatic carbocycles. The maximum absolute atomic E-state index is 12.3. The molecule has 0 saturated heterocycles. The summed E-state index contributed by atoms with van der Waals surface area (Å²) >= 11 is 0. The molecule has 0 saturated carbocycles. The summed E-state index contributed by atoms with van der Waals surface area (Å²) < 4.78 is 21.5. The summed E-state index contributed by atoms with van der Waals surface area (Å²) in [6, 6.07) is -1.34. The number of hydrogen-bond donors (Lipinski definition) is 6. The fraction of sp³-hybridized carbons (Fsp3) is 0.837. The minimum Gasteiger partial charge on any atom is -0.481 e. The summed E-state index contributed by atoms with van der Waals surface area (Å²) in [4.78, 5) is 82.3. The van der Waals surface area contributed by atoms with Gasteiger partial charge < -0.3 is 50.8 Å². The van der Waals surface area contributed by atoms with Crippen molar-refractivity contribution in [2.24, 2.45) is 5.73 Å². The maximum atomic E-state index is 12.3. The number of hydrogen-bond acceptors (Lipinski definition) is 13. The first kappa shape index (κ1) is 56.6. The number of carboxylic acids is 2. The fourth-order valence-electron chi connectivity index (χ4n) is 6.29. The Balaban J connectivity index is 3.67. The highest BCUT2D eigenvalue weighted by Gasteiger charge is 2.21. The van der Waals surface area contributed by atoms with Gasteiger partial charge in [-0.15, -0.1) is 0 Å². The average Bonchev–Trinajstić information content (AvgIpc) is 3.22. The van der Waals surface area contributed by atoms with E-state index in [1.54, 1.807) is 7.05 Å². The zero-order valence-corrected chi connectivity index (χ0v) is 36.5. The first-order valence-electron chi connectivity index (χ1n) is 22.2. The monoisotopic (exact) mass is 859 g/mol. The second-order valence-electron chi connectivity index (χ2n) is 15.1. The van der Waals surface area contributed by atoms with Crippen molar-refractivity contribution in [3.05, 3.63) is 0 Å². The van der Waals surface area contributed by atoms with Crippen LogP contribution in [0.3, 0.4) is 0 Å². The van der Waals surface area contributed by atoms with E-state index in [-0.39, 0.29) is 120 Å². The topological polar surface area (TPSA) is 259 Å². The average molecular weight is 859 g/mol. The number of carboxylic acid groups (broad SMARTS) is 2. The molecule has 0 aliphatic rings. The fourth-order valence-corrected chi connectivity index (χ4v) is 6.29. The van der Waals surface area contributed by atoms with Crippen molar-refractivity contribution in [1.82, 2.24) is 16.0 Å². The molecular weight excluding hydrogens is 780 g/mol. The van der Waals surface area contributed by atoms with Crippen molar-refractivity contribution in [3.63, 3.8) is 0 Å². The molecule has 0 fully saturated rings. The Hall–Kier alpha value is -3.35. The SMILES string of the molecule is CN[C@@H](CCCCCC(=O)COCCOCCNC(=O)COCCOCCCC(=O)CC[C@H](NC(=O)CCCCCCCCCCCCCCC(=O)O)C(=O)O)C(=O)CN. The molecule has 348 valence electrons. The molecular formula is C43H78N4O13. The Bertz CT molecular complexity index is 1170. The van der Waals surface area contributed by atoms with Crippen LogP contribution >= 0.6 is 0 Å². The third-order valence-electron chi connectivity index (χ3n) is 9.83. The smallest absolute Gasteiger partial charge is 0.326 e. The van der Waals surface area contributed by atoms with Crippen LogP contribution in [-0.2, 0) is 52.5 Å². The van der Waals surface area contributed by atoms with Gasteiger partial charge in [-0.3, -0.25) is 28.8 Å². The zero-order valence-electron chi connectivity index (χ0n) is 36.5. The Labute approximate surface area is 357 Å². The van der Waals surface area contributed by atoms with E-state index in [1.807, 2.05) is 0 Å². The molecule has 2 atom stereocenters. The van der Waals surface area contributed by atoms with Crippen LogP contribution in [0.1, 0.15) is 148 Å². The lowest BCUT2D eigenvalue weighted by atomic mass is 10.0. The third kappa shape index (κ3) is 37.6.